The van der Waals surface area contributed by atoms with Crippen LogP contribution in [0.15, 0.2) is 37.5 Å². The van der Waals surface area contributed by atoms with E-state index in [0.29, 0.717) is 30.7 Å². The van der Waals surface area contributed by atoms with Crippen molar-refractivity contribution in [2.45, 2.75) is 10.1 Å². The van der Waals surface area contributed by atoms with Gasteiger partial charge in [0.05, 0.1) is 12.4 Å². The number of hydrogen-bond acceptors (Lipinski definition) is 9. The predicted octanol–water partition coefficient (Wildman–Crippen LogP) is 3.70. The van der Waals surface area contributed by atoms with Crippen LogP contribution in [0.1, 0.15) is 5.89 Å². The smallest absolute Gasteiger partial charge is 0.247 e. The van der Waals surface area contributed by atoms with Crippen LogP contribution in [-0.2, 0) is 10.5 Å². The quantitative estimate of drug-likeness (QED) is 0.430. The molecule has 7 nitrogen and oxygen atoms in total. The molecule has 0 fully saturated rings. The van der Waals surface area contributed by atoms with Crippen LogP contribution in [0.25, 0.3) is 11.5 Å². The second-order valence-corrected chi connectivity index (χ2v) is 7.70. The highest BCUT2D eigenvalue weighted by molar-refractivity contribution is 9.10. The third-order valence-electron chi connectivity index (χ3n) is 2.87. The Labute approximate surface area is 155 Å². The molecule has 1 N–H and O–H groups in total. The number of halogens is 1. The van der Waals surface area contributed by atoms with Gasteiger partial charge in [-0.15, -0.1) is 20.4 Å². The molecule has 0 amide bonds. The molecule has 3 rings (SSSR count). The number of thioether (sulfide) groups is 1. The first kappa shape index (κ1) is 17.3. The van der Waals surface area contributed by atoms with Gasteiger partial charge < -0.3 is 14.5 Å². The van der Waals surface area contributed by atoms with Gasteiger partial charge in [-0.1, -0.05) is 39.0 Å². The SMILES string of the molecule is COCCNc1nnc(SCc2nnc(-c3ccc(Br)cc3)o2)s1. The van der Waals surface area contributed by atoms with E-state index in [1.54, 1.807) is 7.11 Å². The third kappa shape index (κ3) is 4.76. The first-order valence-electron chi connectivity index (χ1n) is 7.02. The van der Waals surface area contributed by atoms with Crippen LogP contribution in [0, 0.1) is 0 Å². The van der Waals surface area contributed by atoms with Crippen molar-refractivity contribution in [1.29, 1.82) is 0 Å². The van der Waals surface area contributed by atoms with Crippen molar-refractivity contribution in [2.75, 3.05) is 25.6 Å². The zero-order valence-corrected chi connectivity index (χ0v) is 15.9. The van der Waals surface area contributed by atoms with Gasteiger partial charge in [-0.3, -0.25) is 0 Å². The zero-order chi connectivity index (χ0) is 16.8. The molecule has 0 saturated heterocycles. The van der Waals surface area contributed by atoms with E-state index in [4.69, 9.17) is 9.15 Å². The van der Waals surface area contributed by atoms with Crippen molar-refractivity contribution >= 4 is 44.2 Å². The Morgan fingerprint density at radius 1 is 1.21 bits per heavy atom. The fourth-order valence-corrected chi connectivity index (χ4v) is 3.62. The maximum absolute atomic E-state index is 5.68. The van der Waals surface area contributed by atoms with Crippen molar-refractivity contribution in [3.8, 4) is 11.5 Å². The summed E-state index contributed by atoms with van der Waals surface area (Å²) in [4.78, 5) is 0. The molecule has 3 aromatic rings. The van der Waals surface area contributed by atoms with E-state index in [9.17, 15) is 0 Å². The number of anilines is 1. The predicted molar refractivity (Wildman–Crippen MR) is 97.3 cm³/mol. The fourth-order valence-electron chi connectivity index (χ4n) is 1.74. The molecule has 10 heteroatoms. The molecule has 126 valence electrons. The topological polar surface area (TPSA) is 86.0 Å². The van der Waals surface area contributed by atoms with E-state index >= 15 is 0 Å². The molecule has 1 aromatic carbocycles. The molecule has 0 saturated carbocycles. The Kier molecular flexibility index (Phi) is 6.18. The van der Waals surface area contributed by atoms with Gasteiger partial charge in [0.2, 0.25) is 16.9 Å². The normalized spacial score (nSPS) is 10.9. The van der Waals surface area contributed by atoms with E-state index in [2.05, 4.69) is 41.6 Å². The minimum atomic E-state index is 0.511. The van der Waals surface area contributed by atoms with Crippen LogP contribution in [0.5, 0.6) is 0 Å². The molecule has 0 bridgehead atoms. The summed E-state index contributed by atoms with van der Waals surface area (Å²) < 4.78 is 12.5. The monoisotopic (exact) mass is 427 g/mol. The molecule has 0 atom stereocenters. The van der Waals surface area contributed by atoms with Gasteiger partial charge in [-0.05, 0) is 24.3 Å². The summed E-state index contributed by atoms with van der Waals surface area (Å²) in [5, 5.41) is 20.3. The molecule has 0 aliphatic heterocycles. The van der Waals surface area contributed by atoms with E-state index < -0.39 is 0 Å². The largest absolute Gasteiger partial charge is 0.420 e. The summed E-state index contributed by atoms with van der Waals surface area (Å²) in [6.07, 6.45) is 0. The number of benzene rings is 1. The molecule has 0 spiro atoms. The highest BCUT2D eigenvalue weighted by atomic mass is 79.9. The Balaban J connectivity index is 1.54. The van der Waals surface area contributed by atoms with Crippen LogP contribution in [0.2, 0.25) is 0 Å². The van der Waals surface area contributed by atoms with E-state index in [-0.39, 0.29) is 0 Å². The standard InChI is InChI=1S/C14H14BrN5O2S2/c1-21-7-6-16-13-19-20-14(24-13)23-8-11-17-18-12(22-11)9-2-4-10(15)5-3-9/h2-5H,6-8H2,1H3,(H,16,19). The van der Waals surface area contributed by atoms with Gasteiger partial charge in [0, 0.05) is 23.7 Å². The number of aromatic nitrogens is 4. The Morgan fingerprint density at radius 3 is 2.83 bits per heavy atom. The van der Waals surface area contributed by atoms with Gasteiger partial charge in [0.25, 0.3) is 0 Å². The second-order valence-electron chi connectivity index (χ2n) is 4.59. The lowest BCUT2D eigenvalue weighted by Gasteiger charge is -1.98. The number of nitrogens with zero attached hydrogens (tertiary/aromatic N) is 4. The number of hydrogen-bond donors (Lipinski definition) is 1. The second kappa shape index (κ2) is 8.56. The lowest BCUT2D eigenvalue weighted by atomic mass is 10.2. The average Bonchev–Trinajstić information content (AvgIpc) is 3.23. The van der Waals surface area contributed by atoms with E-state index in [0.717, 1.165) is 19.5 Å². The van der Waals surface area contributed by atoms with E-state index in [1.807, 2.05) is 24.3 Å². The van der Waals surface area contributed by atoms with Crippen molar-refractivity contribution in [2.24, 2.45) is 0 Å². The number of ether oxygens (including phenoxy) is 1. The van der Waals surface area contributed by atoms with Crippen molar-refractivity contribution in [3.63, 3.8) is 0 Å². The van der Waals surface area contributed by atoms with Crippen LogP contribution in [0.4, 0.5) is 5.13 Å². The number of nitrogens with one attached hydrogen (secondary N) is 1. The lowest BCUT2D eigenvalue weighted by Crippen LogP contribution is -2.06. The molecule has 0 aliphatic carbocycles. The van der Waals surface area contributed by atoms with Gasteiger partial charge in [0.15, 0.2) is 4.34 Å². The van der Waals surface area contributed by atoms with Gasteiger partial charge in [-0.25, -0.2) is 0 Å². The van der Waals surface area contributed by atoms with Crippen LogP contribution >= 0.6 is 39.0 Å². The van der Waals surface area contributed by atoms with Crippen molar-refractivity contribution in [3.05, 3.63) is 34.6 Å². The summed E-state index contributed by atoms with van der Waals surface area (Å²) in [5.74, 6) is 1.62. The third-order valence-corrected chi connectivity index (χ3v) is 5.39. The Morgan fingerprint density at radius 2 is 2.04 bits per heavy atom. The van der Waals surface area contributed by atoms with Crippen molar-refractivity contribution < 1.29 is 9.15 Å². The average molecular weight is 428 g/mol. The highest BCUT2D eigenvalue weighted by Gasteiger charge is 2.11. The maximum atomic E-state index is 5.68. The molecular weight excluding hydrogens is 414 g/mol. The number of methoxy groups -OCH3 is 1. The zero-order valence-electron chi connectivity index (χ0n) is 12.7. The van der Waals surface area contributed by atoms with Crippen LogP contribution < -0.4 is 5.32 Å². The van der Waals surface area contributed by atoms with Crippen LogP contribution in [-0.4, -0.2) is 40.7 Å². The summed E-state index contributed by atoms with van der Waals surface area (Å²) in [5.41, 5.74) is 0.891. The van der Waals surface area contributed by atoms with E-state index in [1.165, 1.54) is 23.1 Å². The highest BCUT2D eigenvalue weighted by Crippen LogP contribution is 2.29. The molecule has 2 aromatic heterocycles. The molecule has 0 aliphatic rings. The minimum Gasteiger partial charge on any atom is -0.420 e. The summed E-state index contributed by atoms with van der Waals surface area (Å²) in [7, 11) is 1.66. The molecule has 0 unspecified atom stereocenters. The molecular formula is C14H14BrN5O2S2. The van der Waals surface area contributed by atoms with Gasteiger partial charge >= 0.3 is 0 Å². The minimum absolute atomic E-state index is 0.511. The summed E-state index contributed by atoms with van der Waals surface area (Å²) in [6, 6.07) is 7.73. The first-order valence-corrected chi connectivity index (χ1v) is 9.61. The maximum Gasteiger partial charge on any atom is 0.247 e. The van der Waals surface area contributed by atoms with Gasteiger partial charge in [0.1, 0.15) is 0 Å². The summed E-state index contributed by atoms with van der Waals surface area (Å²) >= 11 is 6.40. The molecule has 0 radical (unpaired) electrons. The lowest BCUT2D eigenvalue weighted by molar-refractivity contribution is 0.211. The van der Waals surface area contributed by atoms with Gasteiger partial charge in [-0.2, -0.15) is 0 Å². The Bertz CT molecular complexity index is 778. The number of rotatable bonds is 8. The molecule has 2 heterocycles. The van der Waals surface area contributed by atoms with Crippen molar-refractivity contribution in [1.82, 2.24) is 20.4 Å². The Hall–Kier alpha value is -1.49. The molecule has 24 heavy (non-hydrogen) atoms. The van der Waals surface area contributed by atoms with Crippen LogP contribution in [0.3, 0.4) is 0 Å². The fraction of sp³-hybridized carbons (Fsp3) is 0.286. The first-order chi connectivity index (χ1) is 11.7. The summed E-state index contributed by atoms with van der Waals surface area (Å²) in [6.45, 7) is 1.33.